The van der Waals surface area contributed by atoms with Crippen LogP contribution in [0.3, 0.4) is 0 Å². The van der Waals surface area contributed by atoms with E-state index in [1.165, 1.54) is 38.5 Å². The molecule has 0 unspecified atom stereocenters. The van der Waals surface area contributed by atoms with E-state index < -0.39 is 0 Å². The van der Waals surface area contributed by atoms with E-state index in [4.69, 9.17) is 0 Å². The molecule has 50 valence electrons. The summed E-state index contributed by atoms with van der Waals surface area (Å²) in [5.74, 6) is 0. The van der Waals surface area contributed by atoms with Gasteiger partial charge in [0.2, 0.25) is 0 Å². The minimum Gasteiger partial charge on any atom is -0.255 e. The second kappa shape index (κ2) is 6.93. The average Bonchev–Trinajstić information content (AvgIpc) is 1.96. The highest BCUT2D eigenvalue weighted by Crippen LogP contribution is 2.15. The normalized spacial score (nSPS) is 18.8. The fourth-order valence-corrected chi connectivity index (χ4v) is 1.06. The Labute approximate surface area is 51.1 Å². The Morgan fingerprint density at radius 3 is 0.875 bits per heavy atom. The van der Waals surface area contributed by atoms with Crippen LogP contribution < -0.4 is 0 Å². The van der Waals surface area contributed by atoms with Crippen molar-refractivity contribution in [2.24, 2.45) is 0 Å². The van der Waals surface area contributed by atoms with Crippen LogP contribution in [0.25, 0.3) is 0 Å². The Kier molecular flexibility index (Phi) is 6.87. The third-order valence-electron chi connectivity index (χ3n) is 1.50. The van der Waals surface area contributed by atoms with E-state index in [1.54, 1.807) is 0 Å². The lowest BCUT2D eigenvalue weighted by Gasteiger charge is -2.05. The highest BCUT2D eigenvalue weighted by atomic mass is 19.1. The molecule has 0 radical (unpaired) electrons. The van der Waals surface area contributed by atoms with Crippen molar-refractivity contribution in [1.29, 1.82) is 0 Å². The van der Waals surface area contributed by atoms with Crippen LogP contribution >= 0.6 is 0 Å². The molecule has 0 bridgehead atoms. The minimum atomic E-state index is 0.500. The van der Waals surface area contributed by atoms with Crippen molar-refractivity contribution in [3.8, 4) is 0 Å². The zero-order chi connectivity index (χ0) is 6.24. The number of halogens is 1. The molecule has 0 aromatic carbocycles. The molecule has 1 fully saturated rings. The molecule has 0 heterocycles. The molecule has 0 amide bonds. The van der Waals surface area contributed by atoms with Crippen molar-refractivity contribution in [2.75, 3.05) is 7.18 Å². The minimum absolute atomic E-state index is 0.500. The summed E-state index contributed by atoms with van der Waals surface area (Å²) >= 11 is 0. The number of hydrogen-bond donors (Lipinski definition) is 0. The van der Waals surface area contributed by atoms with Gasteiger partial charge in [-0.25, -0.2) is 0 Å². The molecular formula is C7H15F. The van der Waals surface area contributed by atoms with Gasteiger partial charge in [0.1, 0.15) is 0 Å². The van der Waals surface area contributed by atoms with Crippen molar-refractivity contribution in [2.45, 2.75) is 38.5 Å². The largest absolute Gasteiger partial charge is 0.255 e. The van der Waals surface area contributed by atoms with Crippen LogP contribution in [0.1, 0.15) is 38.5 Å². The van der Waals surface area contributed by atoms with Crippen molar-refractivity contribution >= 4 is 0 Å². The first kappa shape index (κ1) is 7.93. The number of hydrogen-bond acceptors (Lipinski definition) is 0. The summed E-state index contributed by atoms with van der Waals surface area (Å²) in [5, 5.41) is 0. The molecule has 1 aliphatic carbocycles. The van der Waals surface area contributed by atoms with Crippen molar-refractivity contribution in [1.82, 2.24) is 0 Å². The molecule has 0 atom stereocenters. The third-order valence-corrected chi connectivity index (χ3v) is 1.50. The van der Waals surface area contributed by atoms with E-state index in [-0.39, 0.29) is 0 Å². The SMILES string of the molecule is C1CCCCC1.CF. The molecule has 1 heteroatoms. The lowest BCUT2D eigenvalue weighted by atomic mass is 10.0. The monoisotopic (exact) mass is 118 g/mol. The molecular weight excluding hydrogens is 103 g/mol. The third kappa shape index (κ3) is 4.10. The van der Waals surface area contributed by atoms with Gasteiger partial charge in [0.05, 0.1) is 7.18 Å². The van der Waals surface area contributed by atoms with Gasteiger partial charge >= 0.3 is 0 Å². The second-order valence-corrected chi connectivity index (χ2v) is 2.12. The van der Waals surface area contributed by atoms with Crippen molar-refractivity contribution in [3.63, 3.8) is 0 Å². The summed E-state index contributed by atoms with van der Waals surface area (Å²) in [4.78, 5) is 0. The van der Waals surface area contributed by atoms with Crippen LogP contribution in [0.2, 0.25) is 0 Å². The van der Waals surface area contributed by atoms with E-state index in [2.05, 4.69) is 0 Å². The zero-order valence-corrected chi connectivity index (χ0v) is 5.62. The quantitative estimate of drug-likeness (QED) is 0.458. The smallest absolute Gasteiger partial charge is 0.0785 e. The zero-order valence-electron chi connectivity index (χ0n) is 5.62. The van der Waals surface area contributed by atoms with E-state index >= 15 is 0 Å². The summed E-state index contributed by atoms with van der Waals surface area (Å²) in [6.45, 7) is 0. The van der Waals surface area contributed by atoms with E-state index in [1.807, 2.05) is 0 Å². The number of alkyl halides is 1. The van der Waals surface area contributed by atoms with Gasteiger partial charge in [0.25, 0.3) is 0 Å². The van der Waals surface area contributed by atoms with Gasteiger partial charge in [0.15, 0.2) is 0 Å². The molecule has 0 aromatic rings. The molecule has 0 nitrogen and oxygen atoms in total. The molecule has 0 saturated heterocycles. The summed E-state index contributed by atoms with van der Waals surface area (Å²) in [6.07, 6.45) is 9.00. The van der Waals surface area contributed by atoms with Crippen LogP contribution in [0.5, 0.6) is 0 Å². The molecule has 0 aliphatic heterocycles. The van der Waals surface area contributed by atoms with Crippen molar-refractivity contribution < 1.29 is 4.39 Å². The predicted molar refractivity (Wildman–Crippen MR) is 34.7 cm³/mol. The fourth-order valence-electron chi connectivity index (χ4n) is 1.06. The summed E-state index contributed by atoms with van der Waals surface area (Å²) in [6, 6.07) is 0. The molecule has 0 spiro atoms. The lowest BCUT2D eigenvalue weighted by Crippen LogP contribution is -1.85. The first-order valence-corrected chi connectivity index (χ1v) is 3.38. The molecule has 0 aromatic heterocycles. The van der Waals surface area contributed by atoms with Crippen LogP contribution in [0, 0.1) is 0 Å². The van der Waals surface area contributed by atoms with E-state index in [9.17, 15) is 4.39 Å². The van der Waals surface area contributed by atoms with Gasteiger partial charge < -0.3 is 0 Å². The predicted octanol–water partition coefficient (Wildman–Crippen LogP) is 2.93. The van der Waals surface area contributed by atoms with Crippen LogP contribution in [-0.2, 0) is 0 Å². The second-order valence-electron chi connectivity index (χ2n) is 2.12. The highest BCUT2D eigenvalue weighted by Gasteiger charge is 1.95. The summed E-state index contributed by atoms with van der Waals surface area (Å²) in [5.41, 5.74) is 0. The highest BCUT2D eigenvalue weighted by molar-refractivity contribution is 4.51. The average molecular weight is 118 g/mol. The molecule has 1 saturated carbocycles. The van der Waals surface area contributed by atoms with Gasteiger partial charge in [-0.15, -0.1) is 0 Å². The van der Waals surface area contributed by atoms with Gasteiger partial charge in [-0.2, -0.15) is 0 Å². The number of rotatable bonds is 0. The maximum atomic E-state index is 9.50. The van der Waals surface area contributed by atoms with E-state index in [0.717, 1.165) is 0 Å². The Morgan fingerprint density at radius 1 is 0.625 bits per heavy atom. The van der Waals surface area contributed by atoms with E-state index in [0.29, 0.717) is 7.18 Å². The first-order valence-electron chi connectivity index (χ1n) is 3.38. The molecule has 1 rings (SSSR count). The maximum Gasteiger partial charge on any atom is 0.0785 e. The summed E-state index contributed by atoms with van der Waals surface area (Å²) < 4.78 is 9.50. The van der Waals surface area contributed by atoms with Gasteiger partial charge in [-0.3, -0.25) is 4.39 Å². The van der Waals surface area contributed by atoms with Crippen LogP contribution in [0.4, 0.5) is 4.39 Å². The molecule has 0 N–H and O–H groups in total. The summed E-state index contributed by atoms with van der Waals surface area (Å²) in [7, 11) is 0.500. The molecule has 1 aliphatic rings. The Bertz CT molecular complexity index is 19.9. The topological polar surface area (TPSA) is 0 Å². The van der Waals surface area contributed by atoms with Gasteiger partial charge in [0, 0.05) is 0 Å². The van der Waals surface area contributed by atoms with Crippen LogP contribution in [0.15, 0.2) is 0 Å². The fraction of sp³-hybridized carbons (Fsp3) is 1.00. The van der Waals surface area contributed by atoms with Crippen molar-refractivity contribution in [3.05, 3.63) is 0 Å². The Morgan fingerprint density at radius 2 is 0.750 bits per heavy atom. The lowest BCUT2D eigenvalue weighted by molar-refractivity contribution is 0.504. The maximum absolute atomic E-state index is 9.50. The van der Waals surface area contributed by atoms with Crippen LogP contribution in [-0.4, -0.2) is 7.18 Å². The Balaban J connectivity index is 0.000000222. The standard InChI is InChI=1S/C6H12.CH3F/c1-2-4-6-5-3-1;1-2/h1-6H2;1H3. The molecule has 8 heavy (non-hydrogen) atoms. The Hall–Kier alpha value is -0.0700. The van der Waals surface area contributed by atoms with Gasteiger partial charge in [-0.1, -0.05) is 38.5 Å². The first-order chi connectivity index (χ1) is 4.00. The van der Waals surface area contributed by atoms with Gasteiger partial charge in [-0.05, 0) is 0 Å².